The Morgan fingerprint density at radius 2 is 1.41 bits per heavy atom. The lowest BCUT2D eigenvalue weighted by Gasteiger charge is -1.93. The lowest BCUT2D eigenvalue weighted by atomic mass is 10.2. The number of aromatic nitrogens is 3. The molecule has 0 fully saturated rings. The first kappa shape index (κ1) is 11.1. The lowest BCUT2D eigenvalue weighted by Crippen LogP contribution is -1.75. The van der Waals surface area contributed by atoms with Gasteiger partial charge in [0, 0.05) is 18.6 Å². The Kier molecular flexibility index (Phi) is 4.06. The second-order valence-electron chi connectivity index (χ2n) is 3.36. The molecule has 0 spiro atoms. The molecule has 17 heavy (non-hydrogen) atoms. The molecule has 0 aliphatic carbocycles. The summed E-state index contributed by atoms with van der Waals surface area (Å²) in [7, 11) is 0. The molecule has 3 aromatic rings. The van der Waals surface area contributed by atoms with Crippen molar-refractivity contribution in [3.8, 4) is 11.3 Å². The van der Waals surface area contributed by atoms with Gasteiger partial charge < -0.3 is 0 Å². The number of pyridine rings is 1. The second-order valence-corrected chi connectivity index (χ2v) is 3.36. The van der Waals surface area contributed by atoms with E-state index >= 15 is 0 Å². The van der Waals surface area contributed by atoms with E-state index in [0.717, 1.165) is 5.69 Å². The fourth-order valence-corrected chi connectivity index (χ4v) is 1.35. The molecule has 0 unspecified atom stereocenters. The zero-order valence-electron chi connectivity index (χ0n) is 9.32. The van der Waals surface area contributed by atoms with E-state index in [-0.39, 0.29) is 0 Å². The van der Waals surface area contributed by atoms with Gasteiger partial charge >= 0.3 is 0 Å². The van der Waals surface area contributed by atoms with Crippen molar-refractivity contribution in [1.82, 2.24) is 15.2 Å². The first-order valence-corrected chi connectivity index (χ1v) is 5.36. The van der Waals surface area contributed by atoms with Crippen molar-refractivity contribution in [3.05, 3.63) is 73.2 Å². The van der Waals surface area contributed by atoms with E-state index in [1.807, 2.05) is 54.6 Å². The van der Waals surface area contributed by atoms with Crippen molar-refractivity contribution in [1.29, 1.82) is 0 Å². The lowest BCUT2D eigenvalue weighted by molar-refractivity contribution is 1.10. The van der Waals surface area contributed by atoms with Gasteiger partial charge in [0.1, 0.15) is 0 Å². The minimum atomic E-state index is 1.06. The summed E-state index contributed by atoms with van der Waals surface area (Å²) >= 11 is 0. The third-order valence-electron chi connectivity index (χ3n) is 2.15. The van der Waals surface area contributed by atoms with Crippen molar-refractivity contribution < 1.29 is 0 Å². The van der Waals surface area contributed by atoms with E-state index < -0.39 is 0 Å². The topological polar surface area (TPSA) is 41.6 Å². The molecule has 1 aromatic carbocycles. The van der Waals surface area contributed by atoms with E-state index in [1.54, 1.807) is 18.6 Å². The van der Waals surface area contributed by atoms with E-state index in [2.05, 4.69) is 15.2 Å². The minimum Gasteiger partial charge on any atom is -0.278 e. The fourth-order valence-electron chi connectivity index (χ4n) is 1.35. The highest BCUT2D eigenvalue weighted by Gasteiger charge is 1.94. The average Bonchev–Trinajstić information content (AvgIpc) is 2.96. The number of benzene rings is 1. The van der Waals surface area contributed by atoms with Crippen molar-refractivity contribution in [3.63, 3.8) is 0 Å². The minimum absolute atomic E-state index is 1.06. The Morgan fingerprint density at radius 3 is 1.88 bits per heavy atom. The van der Waals surface area contributed by atoms with Crippen LogP contribution in [0.3, 0.4) is 0 Å². The van der Waals surface area contributed by atoms with Crippen molar-refractivity contribution >= 4 is 0 Å². The van der Waals surface area contributed by atoms with Crippen LogP contribution in [0.5, 0.6) is 0 Å². The Morgan fingerprint density at radius 1 is 0.706 bits per heavy atom. The number of nitrogens with one attached hydrogen (secondary N) is 1. The molecule has 84 valence electrons. The van der Waals surface area contributed by atoms with Crippen LogP contribution >= 0.6 is 0 Å². The van der Waals surface area contributed by atoms with E-state index in [4.69, 9.17) is 0 Å². The largest absolute Gasteiger partial charge is 0.278 e. The van der Waals surface area contributed by atoms with Crippen LogP contribution in [0.25, 0.3) is 11.3 Å². The van der Waals surface area contributed by atoms with Crippen LogP contribution in [-0.4, -0.2) is 15.2 Å². The SMILES string of the molecule is c1ccc(-c2ccn[nH]2)cc1.c1ccncc1. The van der Waals surface area contributed by atoms with Gasteiger partial charge in [0.15, 0.2) is 0 Å². The fraction of sp³-hybridized carbons (Fsp3) is 0. The summed E-state index contributed by atoms with van der Waals surface area (Å²) in [5, 5.41) is 6.78. The summed E-state index contributed by atoms with van der Waals surface area (Å²) in [6, 6.07) is 17.8. The van der Waals surface area contributed by atoms with E-state index in [1.165, 1.54) is 5.56 Å². The number of rotatable bonds is 1. The van der Waals surface area contributed by atoms with Gasteiger partial charge in [-0.15, -0.1) is 0 Å². The Labute approximate surface area is 100 Å². The maximum atomic E-state index is 3.87. The average molecular weight is 223 g/mol. The van der Waals surface area contributed by atoms with Gasteiger partial charge in [0.05, 0.1) is 5.69 Å². The van der Waals surface area contributed by atoms with Gasteiger partial charge in [-0.2, -0.15) is 5.10 Å². The predicted octanol–water partition coefficient (Wildman–Crippen LogP) is 3.16. The molecule has 1 N–H and O–H groups in total. The normalized spacial score (nSPS) is 9.18. The first-order valence-electron chi connectivity index (χ1n) is 5.36. The molecule has 0 aliphatic rings. The monoisotopic (exact) mass is 223 g/mol. The van der Waals surface area contributed by atoms with Gasteiger partial charge in [-0.1, -0.05) is 36.4 Å². The van der Waals surface area contributed by atoms with Crippen LogP contribution in [0.2, 0.25) is 0 Å². The van der Waals surface area contributed by atoms with Crippen LogP contribution in [-0.2, 0) is 0 Å². The second kappa shape index (κ2) is 6.23. The maximum absolute atomic E-state index is 3.87. The van der Waals surface area contributed by atoms with E-state index in [9.17, 15) is 0 Å². The molecule has 3 nitrogen and oxygen atoms in total. The quantitative estimate of drug-likeness (QED) is 0.688. The summed E-state index contributed by atoms with van der Waals surface area (Å²) < 4.78 is 0. The summed E-state index contributed by atoms with van der Waals surface area (Å²) in [5.41, 5.74) is 2.23. The molecule has 3 rings (SSSR count). The molecular weight excluding hydrogens is 210 g/mol. The summed E-state index contributed by atoms with van der Waals surface area (Å²) in [6.07, 6.45) is 5.25. The van der Waals surface area contributed by atoms with Gasteiger partial charge in [-0.3, -0.25) is 10.1 Å². The summed E-state index contributed by atoms with van der Waals surface area (Å²) in [6.45, 7) is 0. The maximum Gasteiger partial charge on any atom is 0.0650 e. The summed E-state index contributed by atoms with van der Waals surface area (Å²) in [5.74, 6) is 0. The molecule has 2 heterocycles. The third kappa shape index (κ3) is 3.57. The van der Waals surface area contributed by atoms with Gasteiger partial charge in [0.2, 0.25) is 0 Å². The van der Waals surface area contributed by atoms with Crippen LogP contribution in [0.15, 0.2) is 73.2 Å². The van der Waals surface area contributed by atoms with Crippen molar-refractivity contribution in [2.75, 3.05) is 0 Å². The van der Waals surface area contributed by atoms with Crippen LogP contribution in [0.1, 0.15) is 0 Å². The smallest absolute Gasteiger partial charge is 0.0650 e. The van der Waals surface area contributed by atoms with Gasteiger partial charge in [0.25, 0.3) is 0 Å². The highest BCUT2D eigenvalue weighted by molar-refractivity contribution is 5.57. The molecule has 0 saturated carbocycles. The highest BCUT2D eigenvalue weighted by Crippen LogP contribution is 2.13. The molecule has 0 amide bonds. The molecule has 3 heteroatoms. The predicted molar refractivity (Wildman–Crippen MR) is 68.3 cm³/mol. The molecule has 0 bridgehead atoms. The standard InChI is InChI=1S/C9H8N2.C5H5N/c1-2-4-8(5-3-1)9-6-7-10-11-9;1-2-4-6-5-3-1/h1-7H,(H,10,11);1-5H. The van der Waals surface area contributed by atoms with Gasteiger partial charge in [-0.25, -0.2) is 0 Å². The number of nitrogens with zero attached hydrogens (tertiary/aromatic N) is 2. The molecule has 0 saturated heterocycles. The molecule has 2 aromatic heterocycles. The number of H-pyrrole nitrogens is 1. The molecule has 0 radical (unpaired) electrons. The van der Waals surface area contributed by atoms with Crippen LogP contribution in [0.4, 0.5) is 0 Å². The summed E-state index contributed by atoms with van der Waals surface area (Å²) in [4.78, 5) is 3.78. The third-order valence-corrected chi connectivity index (χ3v) is 2.15. The zero-order valence-corrected chi connectivity index (χ0v) is 9.32. The van der Waals surface area contributed by atoms with Crippen molar-refractivity contribution in [2.24, 2.45) is 0 Å². The zero-order chi connectivity index (χ0) is 11.8. The van der Waals surface area contributed by atoms with Crippen molar-refractivity contribution in [2.45, 2.75) is 0 Å². The number of hydrogen-bond acceptors (Lipinski definition) is 2. The Balaban J connectivity index is 0.000000153. The Hall–Kier alpha value is -2.42. The number of aromatic amines is 1. The van der Waals surface area contributed by atoms with Crippen LogP contribution < -0.4 is 0 Å². The molecule has 0 atom stereocenters. The first-order chi connectivity index (χ1) is 8.47. The van der Waals surface area contributed by atoms with E-state index in [0.29, 0.717) is 0 Å². The van der Waals surface area contributed by atoms with Gasteiger partial charge in [-0.05, 0) is 23.8 Å². The van der Waals surface area contributed by atoms with Crippen LogP contribution in [0, 0.1) is 0 Å². The molecular formula is C14H13N3. The highest BCUT2D eigenvalue weighted by atomic mass is 15.1. The number of hydrogen-bond donors (Lipinski definition) is 1. The Bertz CT molecular complexity index is 477. The molecule has 0 aliphatic heterocycles.